The van der Waals surface area contributed by atoms with Gasteiger partial charge in [0.25, 0.3) is 0 Å². The summed E-state index contributed by atoms with van der Waals surface area (Å²) in [5, 5.41) is 25.4. The van der Waals surface area contributed by atoms with Gasteiger partial charge < -0.3 is 37.3 Å². The molecule has 1 amide bonds. The predicted octanol–water partition coefficient (Wildman–Crippen LogP) is -1.99. The molecule has 0 aromatic rings. The van der Waals surface area contributed by atoms with E-state index in [9.17, 15) is 19.2 Å². The van der Waals surface area contributed by atoms with Crippen LogP contribution in [0.5, 0.6) is 0 Å². The van der Waals surface area contributed by atoms with E-state index in [1.807, 2.05) is 0 Å². The molecule has 4 atom stereocenters. The standard InChI is InChI=1S/C8H15NO5.C3H7NO2.C2H5NO/c1-3-5(7(11)12)14-8(13)6(9)4(2)10;1-2(4)3(5)6;1-2(3)4/h4-6,10H,3,9H2,1-2H3,(H,11,12);2H,4H2,1H3,(H,5,6);1H3,(H2,3,4)/t4-,5?,6+;2-;/m10./s1. The minimum Gasteiger partial charge on any atom is -0.480 e. The minimum absolute atomic E-state index is 0.160. The number of nitrogens with two attached hydrogens (primary N) is 3. The molecule has 24 heavy (non-hydrogen) atoms. The van der Waals surface area contributed by atoms with E-state index in [0.29, 0.717) is 0 Å². The molecule has 0 radical (unpaired) electrons. The van der Waals surface area contributed by atoms with E-state index in [2.05, 4.69) is 10.5 Å². The van der Waals surface area contributed by atoms with Gasteiger partial charge in [0.05, 0.1) is 6.10 Å². The molecule has 0 heterocycles. The smallest absolute Gasteiger partial charge is 0.345 e. The molecule has 0 saturated carbocycles. The first-order valence-electron chi connectivity index (χ1n) is 6.89. The summed E-state index contributed by atoms with van der Waals surface area (Å²) in [6, 6.07) is -1.94. The molecule has 0 aromatic carbocycles. The highest BCUT2D eigenvalue weighted by molar-refractivity contribution is 5.81. The van der Waals surface area contributed by atoms with Crippen LogP contribution in [0.15, 0.2) is 0 Å². The van der Waals surface area contributed by atoms with Crippen molar-refractivity contribution in [1.82, 2.24) is 0 Å². The lowest BCUT2D eigenvalue weighted by Crippen LogP contribution is -2.43. The van der Waals surface area contributed by atoms with Crippen molar-refractivity contribution in [2.45, 2.75) is 58.4 Å². The number of ether oxygens (including phenoxy) is 1. The van der Waals surface area contributed by atoms with E-state index in [-0.39, 0.29) is 12.3 Å². The maximum Gasteiger partial charge on any atom is 0.345 e. The molecule has 0 spiro atoms. The van der Waals surface area contributed by atoms with Crippen LogP contribution in [0.1, 0.15) is 34.1 Å². The highest BCUT2D eigenvalue weighted by atomic mass is 16.6. The van der Waals surface area contributed by atoms with Gasteiger partial charge in [-0.3, -0.25) is 14.4 Å². The molecule has 0 fully saturated rings. The Balaban J connectivity index is -0.000000363. The van der Waals surface area contributed by atoms with Crippen molar-refractivity contribution < 1.29 is 39.2 Å². The van der Waals surface area contributed by atoms with E-state index in [0.717, 1.165) is 0 Å². The Morgan fingerprint density at radius 1 is 1.04 bits per heavy atom. The minimum atomic E-state index is -1.22. The number of rotatable bonds is 6. The molecular formula is C13H27N3O8. The Morgan fingerprint density at radius 2 is 1.38 bits per heavy atom. The highest BCUT2D eigenvalue weighted by Crippen LogP contribution is 2.02. The summed E-state index contributed by atoms with van der Waals surface area (Å²) in [6.45, 7) is 5.62. The van der Waals surface area contributed by atoms with E-state index in [1.165, 1.54) is 20.8 Å². The Morgan fingerprint density at radius 3 is 1.54 bits per heavy atom. The molecule has 11 heteroatoms. The van der Waals surface area contributed by atoms with Crippen molar-refractivity contribution in [2.75, 3.05) is 0 Å². The first-order chi connectivity index (χ1) is 10.8. The number of hydrogen-bond donors (Lipinski definition) is 6. The van der Waals surface area contributed by atoms with Crippen molar-refractivity contribution in [3.05, 3.63) is 0 Å². The Bertz CT molecular complexity index is 408. The molecule has 11 nitrogen and oxygen atoms in total. The largest absolute Gasteiger partial charge is 0.480 e. The van der Waals surface area contributed by atoms with Crippen molar-refractivity contribution in [3.8, 4) is 0 Å². The number of primary amides is 1. The molecule has 0 bridgehead atoms. The first-order valence-corrected chi connectivity index (χ1v) is 6.89. The van der Waals surface area contributed by atoms with E-state index < -0.39 is 42.2 Å². The number of carboxylic acid groups (broad SMARTS) is 2. The molecule has 0 saturated heterocycles. The van der Waals surface area contributed by atoms with Gasteiger partial charge in [0.2, 0.25) is 5.91 Å². The monoisotopic (exact) mass is 353 g/mol. The summed E-state index contributed by atoms with van der Waals surface area (Å²) in [4.78, 5) is 40.4. The average Bonchev–Trinajstić information content (AvgIpc) is 2.42. The predicted molar refractivity (Wildman–Crippen MR) is 83.6 cm³/mol. The van der Waals surface area contributed by atoms with Crippen LogP contribution in [-0.2, 0) is 23.9 Å². The van der Waals surface area contributed by atoms with Crippen LogP contribution in [-0.4, -0.2) is 63.4 Å². The van der Waals surface area contributed by atoms with Crippen LogP contribution in [0.25, 0.3) is 0 Å². The molecule has 9 N–H and O–H groups in total. The fraction of sp³-hybridized carbons (Fsp3) is 0.692. The Labute approximate surface area is 139 Å². The number of aliphatic hydroxyl groups excluding tert-OH is 1. The summed E-state index contributed by atoms with van der Waals surface area (Å²) in [7, 11) is 0. The zero-order chi connectivity index (χ0) is 20.0. The summed E-state index contributed by atoms with van der Waals surface area (Å²) >= 11 is 0. The van der Waals surface area contributed by atoms with Gasteiger partial charge in [-0.25, -0.2) is 4.79 Å². The first kappa shape index (κ1) is 26.6. The second kappa shape index (κ2) is 14.4. The molecule has 142 valence electrons. The second-order valence-electron chi connectivity index (χ2n) is 4.68. The van der Waals surface area contributed by atoms with Gasteiger partial charge in [0.1, 0.15) is 12.1 Å². The van der Waals surface area contributed by atoms with Crippen molar-refractivity contribution in [1.29, 1.82) is 0 Å². The molecule has 0 aliphatic rings. The van der Waals surface area contributed by atoms with Crippen molar-refractivity contribution >= 4 is 23.8 Å². The number of carboxylic acids is 2. The number of aliphatic carboxylic acids is 2. The van der Waals surface area contributed by atoms with Gasteiger partial charge in [-0.05, 0) is 20.3 Å². The molecule has 0 aliphatic carbocycles. The maximum atomic E-state index is 11.1. The third kappa shape index (κ3) is 17.8. The Hall–Kier alpha value is -2.24. The van der Waals surface area contributed by atoms with Crippen LogP contribution in [0, 0.1) is 0 Å². The number of hydrogen-bond acceptors (Lipinski definition) is 8. The summed E-state index contributed by atoms with van der Waals surface area (Å²) in [5.74, 6) is -3.43. The van der Waals surface area contributed by atoms with Crippen LogP contribution < -0.4 is 17.2 Å². The number of amides is 1. The van der Waals surface area contributed by atoms with Gasteiger partial charge in [0.15, 0.2) is 6.10 Å². The summed E-state index contributed by atoms with van der Waals surface area (Å²) in [6.07, 6.45) is -2.10. The average molecular weight is 353 g/mol. The second-order valence-corrected chi connectivity index (χ2v) is 4.68. The van der Waals surface area contributed by atoms with Crippen LogP contribution >= 0.6 is 0 Å². The van der Waals surface area contributed by atoms with E-state index in [1.54, 1.807) is 6.92 Å². The van der Waals surface area contributed by atoms with Crippen LogP contribution in [0.2, 0.25) is 0 Å². The lowest BCUT2D eigenvalue weighted by Gasteiger charge is -2.17. The lowest BCUT2D eigenvalue weighted by molar-refractivity contribution is -0.166. The van der Waals surface area contributed by atoms with Crippen LogP contribution in [0.4, 0.5) is 0 Å². The number of carbonyl (C=O) groups excluding carboxylic acids is 2. The normalized spacial score (nSPS) is 14.3. The third-order valence-corrected chi connectivity index (χ3v) is 2.09. The SMILES string of the molecule is CC(N)=O.CCC(OC(=O)[C@@H](N)[C@@H](C)O)C(=O)O.C[C@H](N)C(=O)O. The summed E-state index contributed by atoms with van der Waals surface area (Å²) < 4.78 is 4.56. The Kier molecular flexibility index (Phi) is 15.9. The van der Waals surface area contributed by atoms with Gasteiger partial charge in [0, 0.05) is 6.92 Å². The fourth-order valence-electron chi connectivity index (χ4n) is 0.724. The zero-order valence-corrected chi connectivity index (χ0v) is 14.1. The molecule has 0 aromatic heterocycles. The van der Waals surface area contributed by atoms with Gasteiger partial charge in [-0.2, -0.15) is 0 Å². The number of carbonyl (C=O) groups is 4. The zero-order valence-electron chi connectivity index (χ0n) is 14.1. The van der Waals surface area contributed by atoms with E-state index >= 15 is 0 Å². The molecular weight excluding hydrogens is 326 g/mol. The van der Waals surface area contributed by atoms with Crippen molar-refractivity contribution in [2.24, 2.45) is 17.2 Å². The highest BCUT2D eigenvalue weighted by Gasteiger charge is 2.26. The van der Waals surface area contributed by atoms with Crippen LogP contribution in [0.3, 0.4) is 0 Å². The fourth-order valence-corrected chi connectivity index (χ4v) is 0.724. The maximum absolute atomic E-state index is 11.1. The van der Waals surface area contributed by atoms with Gasteiger partial charge >= 0.3 is 17.9 Å². The van der Waals surface area contributed by atoms with E-state index in [4.69, 9.17) is 26.8 Å². The number of aliphatic hydroxyl groups is 1. The molecule has 1 unspecified atom stereocenters. The van der Waals surface area contributed by atoms with Crippen molar-refractivity contribution in [3.63, 3.8) is 0 Å². The molecule has 0 rings (SSSR count). The quantitative estimate of drug-likeness (QED) is 0.289. The number of esters is 1. The van der Waals surface area contributed by atoms with Gasteiger partial charge in [-0.15, -0.1) is 0 Å². The lowest BCUT2D eigenvalue weighted by atomic mass is 10.2. The van der Waals surface area contributed by atoms with Gasteiger partial charge in [-0.1, -0.05) is 6.92 Å². The molecule has 0 aliphatic heterocycles. The topological polar surface area (TPSA) is 216 Å². The summed E-state index contributed by atoms with van der Waals surface area (Å²) in [5.41, 5.74) is 14.6. The third-order valence-electron chi connectivity index (χ3n) is 2.09.